The molecule has 0 aliphatic rings. The Hall–Kier alpha value is -4.01. The van der Waals surface area contributed by atoms with Crippen LogP contribution in [0, 0.1) is 0 Å². The van der Waals surface area contributed by atoms with Crippen molar-refractivity contribution in [3.8, 4) is 34.5 Å². The van der Waals surface area contributed by atoms with Crippen LogP contribution in [0.3, 0.4) is 0 Å². The van der Waals surface area contributed by atoms with Crippen LogP contribution in [0.1, 0.15) is 12.5 Å². The summed E-state index contributed by atoms with van der Waals surface area (Å²) in [6.07, 6.45) is 2.94. The number of carbonyl (C=O) groups is 1. The average Bonchev–Trinajstić information content (AvgIpc) is 3.25. The quantitative estimate of drug-likeness (QED) is 0.516. The van der Waals surface area contributed by atoms with E-state index in [2.05, 4.69) is 15.5 Å². The molecule has 162 valence electrons. The Kier molecular flexibility index (Phi) is 7.10. The molecule has 3 rings (SSSR count). The maximum atomic E-state index is 12.3. The van der Waals surface area contributed by atoms with Gasteiger partial charge in [0.2, 0.25) is 11.6 Å². The second-order valence-corrected chi connectivity index (χ2v) is 6.15. The van der Waals surface area contributed by atoms with Crippen LogP contribution >= 0.6 is 0 Å². The van der Waals surface area contributed by atoms with Crippen LogP contribution in [0.5, 0.6) is 23.0 Å². The van der Waals surface area contributed by atoms with Gasteiger partial charge in [0.15, 0.2) is 11.5 Å². The molecule has 0 aliphatic carbocycles. The van der Waals surface area contributed by atoms with Crippen LogP contribution in [0.4, 0.5) is 6.01 Å². The lowest BCUT2D eigenvalue weighted by Crippen LogP contribution is -2.07. The fourth-order valence-electron chi connectivity index (χ4n) is 2.77. The molecule has 1 N–H and O–H groups in total. The van der Waals surface area contributed by atoms with Crippen LogP contribution in [0.2, 0.25) is 0 Å². The van der Waals surface area contributed by atoms with Crippen LogP contribution in [-0.4, -0.2) is 44.0 Å². The number of hydrogen-bond donors (Lipinski definition) is 1. The van der Waals surface area contributed by atoms with E-state index < -0.39 is 5.91 Å². The van der Waals surface area contributed by atoms with Crippen molar-refractivity contribution in [2.45, 2.75) is 6.92 Å². The Labute approximate surface area is 179 Å². The van der Waals surface area contributed by atoms with Gasteiger partial charge < -0.3 is 23.4 Å². The lowest BCUT2D eigenvalue weighted by molar-refractivity contribution is -0.112. The minimum Gasteiger partial charge on any atom is -0.494 e. The van der Waals surface area contributed by atoms with E-state index in [1.807, 2.05) is 6.92 Å². The Morgan fingerprint density at radius 1 is 1.03 bits per heavy atom. The number of nitrogens with zero attached hydrogens (tertiary/aromatic N) is 2. The molecule has 1 aromatic heterocycles. The van der Waals surface area contributed by atoms with Crippen LogP contribution in [-0.2, 0) is 4.79 Å². The first-order valence-electron chi connectivity index (χ1n) is 9.43. The average molecular weight is 425 g/mol. The summed E-state index contributed by atoms with van der Waals surface area (Å²) in [6, 6.07) is 10.7. The largest absolute Gasteiger partial charge is 0.494 e. The second-order valence-electron chi connectivity index (χ2n) is 6.15. The molecule has 2 aromatic carbocycles. The number of rotatable bonds is 9. The SMILES string of the molecule is CCOc1ccc(-c2nnc(NC(=O)/C=C/c3cc(OC)c(OC)c(OC)c3)o2)cc1. The molecule has 3 aromatic rings. The number of benzene rings is 2. The Morgan fingerprint density at radius 2 is 1.71 bits per heavy atom. The number of hydrogen-bond acceptors (Lipinski definition) is 8. The number of carbonyl (C=O) groups excluding carboxylic acids is 1. The molecule has 0 fully saturated rings. The van der Waals surface area contributed by atoms with Crippen molar-refractivity contribution in [2.24, 2.45) is 0 Å². The highest BCUT2D eigenvalue weighted by molar-refractivity contribution is 6.00. The van der Waals surface area contributed by atoms with Crippen molar-refractivity contribution in [2.75, 3.05) is 33.3 Å². The van der Waals surface area contributed by atoms with Gasteiger partial charge in [0.05, 0.1) is 27.9 Å². The van der Waals surface area contributed by atoms with E-state index in [9.17, 15) is 4.79 Å². The van der Waals surface area contributed by atoms with Gasteiger partial charge in [-0.15, -0.1) is 5.10 Å². The lowest BCUT2D eigenvalue weighted by atomic mass is 10.1. The Balaban J connectivity index is 1.68. The molecule has 0 unspecified atom stereocenters. The summed E-state index contributed by atoms with van der Waals surface area (Å²) in [4.78, 5) is 12.3. The maximum absolute atomic E-state index is 12.3. The van der Waals surface area contributed by atoms with Crippen molar-refractivity contribution in [3.63, 3.8) is 0 Å². The summed E-state index contributed by atoms with van der Waals surface area (Å²) in [7, 11) is 4.57. The highest BCUT2D eigenvalue weighted by Gasteiger charge is 2.13. The van der Waals surface area contributed by atoms with E-state index >= 15 is 0 Å². The Bertz CT molecular complexity index is 1030. The van der Waals surface area contributed by atoms with E-state index in [1.54, 1.807) is 42.5 Å². The molecule has 0 aliphatic heterocycles. The van der Waals surface area contributed by atoms with Crippen LogP contribution in [0.15, 0.2) is 46.9 Å². The monoisotopic (exact) mass is 425 g/mol. The van der Waals surface area contributed by atoms with Crippen molar-refractivity contribution in [3.05, 3.63) is 48.0 Å². The summed E-state index contributed by atoms with van der Waals surface area (Å²) in [6.45, 7) is 2.50. The normalized spacial score (nSPS) is 10.7. The summed E-state index contributed by atoms with van der Waals surface area (Å²) in [5.74, 6) is 2.04. The van der Waals surface area contributed by atoms with E-state index in [-0.39, 0.29) is 11.9 Å². The smallest absolute Gasteiger partial charge is 0.322 e. The number of ether oxygens (including phenoxy) is 4. The number of aromatic nitrogens is 2. The Morgan fingerprint density at radius 3 is 2.29 bits per heavy atom. The minimum absolute atomic E-state index is 0.0107. The third-order valence-electron chi connectivity index (χ3n) is 4.18. The molecular formula is C22H23N3O6. The van der Waals surface area contributed by atoms with Crippen molar-refractivity contribution in [1.82, 2.24) is 10.2 Å². The summed E-state index contributed by atoms with van der Waals surface area (Å²) in [5.41, 5.74) is 1.40. The third kappa shape index (κ3) is 5.33. The van der Waals surface area contributed by atoms with Gasteiger partial charge >= 0.3 is 6.01 Å². The fraction of sp³-hybridized carbons (Fsp3) is 0.227. The highest BCUT2D eigenvalue weighted by Crippen LogP contribution is 2.38. The van der Waals surface area contributed by atoms with Gasteiger partial charge in [-0.2, -0.15) is 0 Å². The molecule has 0 saturated carbocycles. The molecule has 1 heterocycles. The first kappa shape index (κ1) is 21.7. The van der Waals surface area contributed by atoms with Gasteiger partial charge in [0, 0.05) is 11.6 Å². The van der Waals surface area contributed by atoms with Crippen molar-refractivity contribution < 1.29 is 28.2 Å². The zero-order valence-electron chi connectivity index (χ0n) is 17.7. The number of nitrogens with one attached hydrogen (secondary N) is 1. The highest BCUT2D eigenvalue weighted by atomic mass is 16.5. The molecule has 0 atom stereocenters. The second kappa shape index (κ2) is 10.1. The van der Waals surface area contributed by atoms with Crippen molar-refractivity contribution in [1.29, 1.82) is 0 Å². The first-order valence-corrected chi connectivity index (χ1v) is 9.43. The predicted molar refractivity (Wildman–Crippen MR) is 115 cm³/mol. The first-order chi connectivity index (χ1) is 15.1. The van der Waals surface area contributed by atoms with Gasteiger partial charge in [-0.3, -0.25) is 10.1 Å². The third-order valence-corrected chi connectivity index (χ3v) is 4.18. The van der Waals surface area contributed by atoms with E-state index in [0.29, 0.717) is 35.0 Å². The molecule has 0 bridgehead atoms. The zero-order valence-corrected chi connectivity index (χ0v) is 17.7. The molecule has 0 radical (unpaired) electrons. The van der Waals surface area contributed by atoms with Crippen molar-refractivity contribution >= 4 is 18.0 Å². The maximum Gasteiger partial charge on any atom is 0.322 e. The van der Waals surface area contributed by atoms with Crippen LogP contribution < -0.4 is 24.3 Å². The summed E-state index contributed by atoms with van der Waals surface area (Å²) >= 11 is 0. The number of amides is 1. The van der Waals surface area contributed by atoms with Gasteiger partial charge in [0.25, 0.3) is 5.91 Å². The number of anilines is 1. The summed E-state index contributed by atoms with van der Waals surface area (Å²) < 4.78 is 26.8. The lowest BCUT2D eigenvalue weighted by Gasteiger charge is -2.12. The van der Waals surface area contributed by atoms with Gasteiger partial charge in [0.1, 0.15) is 5.75 Å². The molecule has 9 heteroatoms. The molecule has 0 saturated heterocycles. The standard InChI is InChI=1S/C22H23N3O6/c1-5-30-16-9-7-15(8-10-16)21-24-25-22(31-21)23-19(26)11-6-14-12-17(27-2)20(29-4)18(13-14)28-3/h6-13H,5H2,1-4H3,(H,23,25,26)/b11-6+. The summed E-state index contributed by atoms with van der Waals surface area (Å²) in [5, 5.41) is 10.3. The van der Waals surface area contributed by atoms with E-state index in [4.69, 9.17) is 23.4 Å². The molecule has 0 spiro atoms. The molecular weight excluding hydrogens is 402 g/mol. The van der Waals surface area contributed by atoms with E-state index in [1.165, 1.54) is 27.4 Å². The zero-order chi connectivity index (χ0) is 22.2. The van der Waals surface area contributed by atoms with Gasteiger partial charge in [-0.05, 0) is 55.0 Å². The topological polar surface area (TPSA) is 105 Å². The van der Waals surface area contributed by atoms with Crippen LogP contribution in [0.25, 0.3) is 17.5 Å². The van der Waals surface area contributed by atoms with Gasteiger partial charge in [-0.25, -0.2) is 0 Å². The molecule has 1 amide bonds. The number of methoxy groups -OCH3 is 3. The fourth-order valence-corrected chi connectivity index (χ4v) is 2.77. The molecule has 31 heavy (non-hydrogen) atoms. The van der Waals surface area contributed by atoms with Gasteiger partial charge in [-0.1, -0.05) is 5.10 Å². The predicted octanol–water partition coefficient (Wildman–Crippen LogP) is 3.81. The minimum atomic E-state index is -0.435. The van der Waals surface area contributed by atoms with E-state index in [0.717, 1.165) is 5.75 Å². The molecule has 9 nitrogen and oxygen atoms in total.